The first-order valence-corrected chi connectivity index (χ1v) is 7.32. The molecule has 0 heterocycles. The van der Waals surface area contributed by atoms with Gasteiger partial charge in [-0.05, 0) is 33.1 Å². The minimum Gasteiger partial charge on any atom is -0.300 e. The highest BCUT2D eigenvalue weighted by molar-refractivity contribution is 5.75. The first kappa shape index (κ1) is 16.4. The van der Waals surface area contributed by atoms with Gasteiger partial charge in [0.25, 0.3) is 0 Å². The quantitative estimate of drug-likeness (QED) is 0.346. The predicted octanol–water partition coefficient (Wildman–Crippen LogP) is 5.44. The summed E-state index contributed by atoms with van der Waals surface area (Å²) in [6.45, 7) is 6.07. The molecule has 0 bridgehead atoms. The maximum absolute atomic E-state index is 10.8. The second-order valence-corrected chi connectivity index (χ2v) is 5.16. The van der Waals surface area contributed by atoms with Gasteiger partial charge in [0, 0.05) is 6.42 Å². The molecule has 0 saturated carbocycles. The molecule has 1 nitrogen and oxygen atoms in total. The number of rotatable bonds is 11. The van der Waals surface area contributed by atoms with Crippen LogP contribution in [0.1, 0.15) is 85.0 Å². The van der Waals surface area contributed by atoms with Crippen molar-refractivity contribution in [3.8, 4) is 0 Å². The Kier molecular flexibility index (Phi) is 11.5. The van der Waals surface area contributed by atoms with Crippen molar-refractivity contribution in [2.45, 2.75) is 85.0 Å². The van der Waals surface area contributed by atoms with Crippen LogP contribution in [0.3, 0.4) is 0 Å². The van der Waals surface area contributed by atoms with Gasteiger partial charge < -0.3 is 4.79 Å². The molecule has 0 N–H and O–H groups in total. The number of hydrogen-bond acceptors (Lipinski definition) is 1. The van der Waals surface area contributed by atoms with Crippen molar-refractivity contribution in [3.05, 3.63) is 11.6 Å². The lowest BCUT2D eigenvalue weighted by Crippen LogP contribution is -1.89. The maximum atomic E-state index is 10.8. The van der Waals surface area contributed by atoms with Crippen LogP contribution in [0.25, 0.3) is 0 Å². The summed E-state index contributed by atoms with van der Waals surface area (Å²) in [5.74, 6) is 0.300. The molecule has 0 aromatic rings. The summed E-state index contributed by atoms with van der Waals surface area (Å²) < 4.78 is 0. The van der Waals surface area contributed by atoms with Crippen LogP contribution in [-0.2, 0) is 4.79 Å². The van der Waals surface area contributed by atoms with E-state index in [2.05, 4.69) is 19.9 Å². The van der Waals surface area contributed by atoms with Gasteiger partial charge in [0.2, 0.25) is 0 Å². The van der Waals surface area contributed by atoms with Crippen molar-refractivity contribution in [2.75, 3.05) is 0 Å². The van der Waals surface area contributed by atoms with E-state index in [1.807, 2.05) is 0 Å². The van der Waals surface area contributed by atoms with E-state index < -0.39 is 0 Å². The Hall–Kier alpha value is -0.590. The summed E-state index contributed by atoms with van der Waals surface area (Å²) in [4.78, 5) is 10.8. The van der Waals surface area contributed by atoms with Gasteiger partial charge >= 0.3 is 0 Å². The van der Waals surface area contributed by atoms with E-state index in [-0.39, 0.29) is 0 Å². The molecule has 0 unspecified atom stereocenters. The molecule has 0 rings (SSSR count). The topological polar surface area (TPSA) is 17.1 Å². The number of hydrogen-bond donors (Lipinski definition) is 0. The Morgan fingerprint density at radius 2 is 1.47 bits per heavy atom. The molecule has 0 amide bonds. The van der Waals surface area contributed by atoms with E-state index in [4.69, 9.17) is 0 Å². The molecule has 0 fully saturated rings. The number of carbonyl (C=O) groups excluding carboxylic acids is 1. The monoisotopic (exact) mass is 238 g/mol. The SMILES string of the molecule is CCCCCCCCCC=C(C)CCC(C)=O. The molecule has 0 saturated heterocycles. The van der Waals surface area contributed by atoms with Crippen molar-refractivity contribution < 1.29 is 4.79 Å². The van der Waals surface area contributed by atoms with Gasteiger partial charge in [-0.1, -0.05) is 57.1 Å². The van der Waals surface area contributed by atoms with Crippen LogP contribution in [0.2, 0.25) is 0 Å². The normalized spacial score (nSPS) is 11.8. The van der Waals surface area contributed by atoms with E-state index in [1.165, 1.54) is 56.9 Å². The molecule has 0 radical (unpaired) electrons. The van der Waals surface area contributed by atoms with Gasteiger partial charge in [-0.3, -0.25) is 0 Å². The molecular weight excluding hydrogens is 208 g/mol. The van der Waals surface area contributed by atoms with Crippen LogP contribution in [0.4, 0.5) is 0 Å². The molecular formula is C16H30O. The zero-order valence-corrected chi connectivity index (χ0v) is 12.1. The molecule has 0 atom stereocenters. The Labute approximate surface area is 108 Å². The molecule has 0 aliphatic carbocycles. The fourth-order valence-corrected chi connectivity index (χ4v) is 1.93. The molecule has 1 heteroatoms. The Bertz CT molecular complexity index is 216. The first-order valence-electron chi connectivity index (χ1n) is 7.32. The van der Waals surface area contributed by atoms with E-state index in [0.717, 1.165) is 6.42 Å². The van der Waals surface area contributed by atoms with Gasteiger partial charge in [0.05, 0.1) is 0 Å². The Morgan fingerprint density at radius 3 is 2.06 bits per heavy atom. The Morgan fingerprint density at radius 1 is 0.882 bits per heavy atom. The molecule has 0 aromatic heterocycles. The minimum atomic E-state index is 0.300. The average Bonchev–Trinajstić information content (AvgIpc) is 2.30. The van der Waals surface area contributed by atoms with E-state index >= 15 is 0 Å². The summed E-state index contributed by atoms with van der Waals surface area (Å²) in [7, 11) is 0. The average molecular weight is 238 g/mol. The number of Topliss-reactive ketones (excluding diaryl/α,β-unsaturated/α-hetero) is 1. The fourth-order valence-electron chi connectivity index (χ4n) is 1.93. The first-order chi connectivity index (χ1) is 8.16. The molecule has 0 spiro atoms. The number of ketones is 1. The van der Waals surface area contributed by atoms with Crippen molar-refractivity contribution in [3.63, 3.8) is 0 Å². The standard InChI is InChI=1S/C16H30O/c1-4-5-6-7-8-9-10-11-12-15(2)13-14-16(3)17/h12H,4-11,13-14H2,1-3H3. The van der Waals surface area contributed by atoms with Crippen LogP contribution in [-0.4, -0.2) is 5.78 Å². The fraction of sp³-hybridized carbons (Fsp3) is 0.812. The highest BCUT2D eigenvalue weighted by Crippen LogP contribution is 2.11. The Balaban J connectivity index is 3.30. The minimum absolute atomic E-state index is 0.300. The van der Waals surface area contributed by atoms with E-state index in [1.54, 1.807) is 6.92 Å². The molecule has 0 aliphatic rings. The highest BCUT2D eigenvalue weighted by Gasteiger charge is 1.95. The van der Waals surface area contributed by atoms with Crippen LogP contribution < -0.4 is 0 Å². The smallest absolute Gasteiger partial charge is 0.130 e. The van der Waals surface area contributed by atoms with Crippen molar-refractivity contribution >= 4 is 5.78 Å². The number of allylic oxidation sites excluding steroid dienone is 2. The van der Waals surface area contributed by atoms with Gasteiger partial charge in [0.1, 0.15) is 5.78 Å². The number of unbranched alkanes of at least 4 members (excludes halogenated alkanes) is 7. The lowest BCUT2D eigenvalue weighted by Gasteiger charge is -2.01. The van der Waals surface area contributed by atoms with Crippen LogP contribution in [0.5, 0.6) is 0 Å². The van der Waals surface area contributed by atoms with Crippen molar-refractivity contribution in [2.24, 2.45) is 0 Å². The van der Waals surface area contributed by atoms with Gasteiger partial charge in [-0.2, -0.15) is 0 Å². The third-order valence-corrected chi connectivity index (χ3v) is 3.17. The van der Waals surface area contributed by atoms with Crippen LogP contribution >= 0.6 is 0 Å². The van der Waals surface area contributed by atoms with Crippen molar-refractivity contribution in [1.29, 1.82) is 0 Å². The lowest BCUT2D eigenvalue weighted by atomic mass is 10.1. The van der Waals surface area contributed by atoms with Crippen LogP contribution in [0, 0.1) is 0 Å². The van der Waals surface area contributed by atoms with Crippen molar-refractivity contribution in [1.82, 2.24) is 0 Å². The third-order valence-electron chi connectivity index (χ3n) is 3.17. The van der Waals surface area contributed by atoms with Gasteiger partial charge in [0.15, 0.2) is 0 Å². The predicted molar refractivity (Wildman–Crippen MR) is 76.3 cm³/mol. The summed E-state index contributed by atoms with van der Waals surface area (Å²) in [6.07, 6.45) is 14.8. The van der Waals surface area contributed by atoms with Crippen LogP contribution in [0.15, 0.2) is 11.6 Å². The second kappa shape index (κ2) is 11.9. The van der Waals surface area contributed by atoms with Gasteiger partial charge in [-0.15, -0.1) is 0 Å². The maximum Gasteiger partial charge on any atom is 0.130 e. The summed E-state index contributed by atoms with van der Waals surface area (Å²) in [5.41, 5.74) is 1.38. The third kappa shape index (κ3) is 13.3. The second-order valence-electron chi connectivity index (χ2n) is 5.16. The number of carbonyl (C=O) groups is 1. The molecule has 17 heavy (non-hydrogen) atoms. The van der Waals surface area contributed by atoms with Gasteiger partial charge in [-0.25, -0.2) is 0 Å². The molecule has 0 aliphatic heterocycles. The molecule has 100 valence electrons. The highest BCUT2D eigenvalue weighted by atomic mass is 16.1. The lowest BCUT2D eigenvalue weighted by molar-refractivity contribution is -0.116. The van der Waals surface area contributed by atoms with E-state index in [9.17, 15) is 4.79 Å². The summed E-state index contributed by atoms with van der Waals surface area (Å²) >= 11 is 0. The van der Waals surface area contributed by atoms with E-state index in [0.29, 0.717) is 12.2 Å². The summed E-state index contributed by atoms with van der Waals surface area (Å²) in [6, 6.07) is 0. The molecule has 0 aromatic carbocycles. The zero-order chi connectivity index (χ0) is 12.9. The largest absolute Gasteiger partial charge is 0.300 e. The summed E-state index contributed by atoms with van der Waals surface area (Å²) in [5, 5.41) is 0. The zero-order valence-electron chi connectivity index (χ0n) is 12.1.